The normalized spacial score (nSPS) is 15.1. The van der Waals surface area contributed by atoms with E-state index in [9.17, 15) is 52.7 Å². The summed E-state index contributed by atoms with van der Waals surface area (Å²) >= 11 is 0. The van der Waals surface area contributed by atoms with E-state index in [0.717, 1.165) is 49.4 Å². The van der Waals surface area contributed by atoms with Crippen molar-refractivity contribution in [1.29, 1.82) is 0 Å². The van der Waals surface area contributed by atoms with Crippen LogP contribution >= 0.6 is 16.0 Å². The molecule has 1 N–H and O–H groups in total. The van der Waals surface area contributed by atoms with Crippen LogP contribution in [0.5, 0.6) is 0 Å². The summed E-state index contributed by atoms with van der Waals surface area (Å²) < 4.78 is 172. The Hall–Kier alpha value is -4.96. The highest BCUT2D eigenvalue weighted by Gasteiger charge is 2.42. The average molecular weight is 902 g/mol. The van der Waals surface area contributed by atoms with Gasteiger partial charge in [0.25, 0.3) is 0 Å². The van der Waals surface area contributed by atoms with Gasteiger partial charge in [0.2, 0.25) is 0 Å². The monoisotopic (exact) mass is 901 g/mol. The van der Waals surface area contributed by atoms with E-state index in [-0.39, 0.29) is 12.1 Å². The quantitative estimate of drug-likeness (QED) is 0.124. The molecule has 0 unspecified atom stereocenters. The standard InChI is InChI=1S/C47H33F12NP2/c1-27(60-62(37-21-33(44(48,49)50)19-34(22-37)45(51,52)53)38-23-35(46(54,55)56)20-36(24-38)47(57,58)59)43(30-11-3-2-4-12-30)61-25-31-17-15-28-9-5-7-13-39(28)41(31)42-32(26-61)18-16-29-10-6-8-14-40(29)42/h2-24,27,43,60H,25-26H2,1H3/t27-,43+/m0/s1. The maximum absolute atomic E-state index is 14.3. The predicted molar refractivity (Wildman–Crippen MR) is 222 cm³/mol. The molecule has 0 aromatic heterocycles. The van der Waals surface area contributed by atoms with Crippen LogP contribution in [0.15, 0.2) is 140 Å². The van der Waals surface area contributed by atoms with Gasteiger partial charge in [0, 0.05) is 19.8 Å². The number of halogens is 12. The fourth-order valence-corrected chi connectivity index (χ4v) is 13.9. The van der Waals surface area contributed by atoms with Gasteiger partial charge in [0.1, 0.15) is 0 Å². The summed E-state index contributed by atoms with van der Waals surface area (Å²) in [6.07, 6.45) is -20.4. The molecule has 7 aromatic rings. The van der Waals surface area contributed by atoms with E-state index in [4.69, 9.17) is 0 Å². The van der Waals surface area contributed by atoms with Crippen LogP contribution in [0, 0.1) is 0 Å². The van der Waals surface area contributed by atoms with Gasteiger partial charge in [-0.15, -0.1) is 0 Å². The lowest BCUT2D eigenvalue weighted by Crippen LogP contribution is -2.35. The molecule has 0 amide bonds. The Morgan fingerprint density at radius 1 is 0.468 bits per heavy atom. The number of nitrogens with one attached hydrogen (secondary N) is 1. The minimum atomic E-state index is -5.35. The molecule has 0 saturated carbocycles. The summed E-state index contributed by atoms with van der Waals surface area (Å²) in [5.41, 5.74) is -2.88. The zero-order valence-corrected chi connectivity index (χ0v) is 34.1. The second kappa shape index (κ2) is 16.3. The second-order valence-electron chi connectivity index (χ2n) is 15.2. The molecule has 1 aliphatic rings. The molecule has 1 nitrogen and oxygen atoms in total. The molecule has 0 aliphatic carbocycles. The third kappa shape index (κ3) is 8.81. The minimum absolute atomic E-state index is 0.127. The molecular weight excluding hydrogens is 868 g/mol. The highest BCUT2D eigenvalue weighted by Crippen LogP contribution is 2.62. The molecular formula is C47H33F12NP2. The number of rotatable bonds is 7. The van der Waals surface area contributed by atoms with E-state index in [1.165, 1.54) is 0 Å². The van der Waals surface area contributed by atoms with Crippen molar-refractivity contribution in [3.63, 3.8) is 0 Å². The molecule has 8 rings (SSSR count). The van der Waals surface area contributed by atoms with Gasteiger partial charge in [-0.1, -0.05) is 111 Å². The molecule has 0 bridgehead atoms. The number of benzene rings is 7. The molecule has 0 spiro atoms. The molecule has 320 valence electrons. The lowest BCUT2D eigenvalue weighted by atomic mass is 9.88. The molecule has 0 saturated heterocycles. The van der Waals surface area contributed by atoms with Gasteiger partial charge in [-0.2, -0.15) is 52.7 Å². The molecule has 7 aromatic carbocycles. The molecule has 15 heteroatoms. The van der Waals surface area contributed by atoms with Crippen LogP contribution in [0.3, 0.4) is 0 Å². The van der Waals surface area contributed by atoms with Gasteiger partial charge in [0.15, 0.2) is 0 Å². The topological polar surface area (TPSA) is 12.0 Å². The Kier molecular flexibility index (Phi) is 11.5. The maximum atomic E-state index is 14.3. The largest absolute Gasteiger partial charge is 0.416 e. The molecule has 0 radical (unpaired) electrons. The molecule has 1 heterocycles. The summed E-state index contributed by atoms with van der Waals surface area (Å²) in [6.45, 7) is 1.62. The Morgan fingerprint density at radius 2 is 0.839 bits per heavy atom. The van der Waals surface area contributed by atoms with Crippen molar-refractivity contribution in [2.45, 2.75) is 55.7 Å². The van der Waals surface area contributed by atoms with Crippen LogP contribution in [0.1, 0.15) is 51.5 Å². The number of fused-ring (bicyclic) bond motifs is 7. The van der Waals surface area contributed by atoms with E-state index in [1.807, 2.05) is 84.9 Å². The molecule has 0 fully saturated rings. The smallest absolute Gasteiger partial charge is 0.285 e. The van der Waals surface area contributed by atoms with E-state index >= 15 is 0 Å². The summed E-state index contributed by atoms with van der Waals surface area (Å²) in [5.74, 6) is 0. The van der Waals surface area contributed by atoms with E-state index in [0.29, 0.717) is 36.6 Å². The van der Waals surface area contributed by atoms with Gasteiger partial charge in [-0.3, -0.25) is 5.09 Å². The van der Waals surface area contributed by atoms with E-state index in [2.05, 4.69) is 5.09 Å². The predicted octanol–water partition coefficient (Wildman–Crippen LogP) is 15.0. The van der Waals surface area contributed by atoms with Gasteiger partial charge >= 0.3 is 24.7 Å². The van der Waals surface area contributed by atoms with Crippen molar-refractivity contribution >= 4 is 48.1 Å². The van der Waals surface area contributed by atoms with Gasteiger partial charge in [0.05, 0.1) is 22.3 Å². The highest BCUT2D eigenvalue weighted by atomic mass is 31.1. The SMILES string of the molecule is C[C@H](NP(c1cc(C(F)(F)F)cc(C(F)(F)F)c1)c1cc(C(F)(F)F)cc(C(F)(F)F)c1)[C@H](c1ccccc1)P1Cc2ccc3ccccc3c2-c2c(ccc3ccccc23)C1. The lowest BCUT2D eigenvalue weighted by Gasteiger charge is -2.36. The van der Waals surface area contributed by atoms with Gasteiger partial charge < -0.3 is 0 Å². The first kappa shape index (κ1) is 43.7. The minimum Gasteiger partial charge on any atom is -0.285 e. The van der Waals surface area contributed by atoms with Crippen LogP contribution in [0.2, 0.25) is 0 Å². The van der Waals surface area contributed by atoms with E-state index in [1.54, 1.807) is 25.1 Å². The van der Waals surface area contributed by atoms with Gasteiger partial charge in [-0.05, 0) is 116 Å². The summed E-state index contributed by atoms with van der Waals surface area (Å²) in [6, 6.07) is 33.1. The van der Waals surface area contributed by atoms with Crippen LogP contribution in [0.25, 0.3) is 32.7 Å². The molecule has 2 atom stereocenters. The van der Waals surface area contributed by atoms with Crippen molar-refractivity contribution < 1.29 is 52.7 Å². The summed E-state index contributed by atoms with van der Waals surface area (Å²) in [7, 11) is -4.29. The van der Waals surface area contributed by atoms with Crippen LogP contribution in [-0.2, 0) is 37.0 Å². The first-order valence-electron chi connectivity index (χ1n) is 19.1. The first-order valence-corrected chi connectivity index (χ1v) is 22.2. The third-order valence-electron chi connectivity index (χ3n) is 11.0. The van der Waals surface area contributed by atoms with Crippen molar-refractivity contribution in [2.24, 2.45) is 0 Å². The van der Waals surface area contributed by atoms with Gasteiger partial charge in [-0.25, -0.2) is 0 Å². The Bertz CT molecular complexity index is 2550. The van der Waals surface area contributed by atoms with Crippen molar-refractivity contribution in [3.05, 3.63) is 178 Å². The van der Waals surface area contributed by atoms with Crippen molar-refractivity contribution in [1.82, 2.24) is 5.09 Å². The fraction of sp³-hybridized carbons (Fsp3) is 0.191. The molecule has 1 aliphatic heterocycles. The lowest BCUT2D eigenvalue weighted by molar-refractivity contribution is -0.144. The van der Waals surface area contributed by atoms with E-state index < -0.39 is 85.3 Å². The highest BCUT2D eigenvalue weighted by molar-refractivity contribution is 7.71. The zero-order valence-electron chi connectivity index (χ0n) is 32.3. The molecule has 62 heavy (non-hydrogen) atoms. The average Bonchev–Trinajstić information content (AvgIpc) is 3.39. The third-order valence-corrected chi connectivity index (χ3v) is 16.3. The second-order valence-corrected chi connectivity index (χ2v) is 19.5. The van der Waals surface area contributed by atoms with Crippen molar-refractivity contribution in [2.75, 3.05) is 0 Å². The van der Waals surface area contributed by atoms with Crippen molar-refractivity contribution in [3.8, 4) is 11.1 Å². The van der Waals surface area contributed by atoms with Crippen LogP contribution < -0.4 is 15.7 Å². The number of hydrogen-bond donors (Lipinski definition) is 1. The Balaban J connectivity index is 1.33. The Labute approximate surface area is 350 Å². The fourth-order valence-electron chi connectivity index (χ4n) is 8.35. The first-order chi connectivity index (χ1) is 29.2. The number of alkyl halides is 12. The Morgan fingerprint density at radius 3 is 1.23 bits per heavy atom. The summed E-state index contributed by atoms with van der Waals surface area (Å²) in [5, 5.41) is 5.58. The van der Waals surface area contributed by atoms with Crippen LogP contribution in [0.4, 0.5) is 52.7 Å². The number of hydrogen-bond acceptors (Lipinski definition) is 1. The zero-order chi connectivity index (χ0) is 44.4. The van der Waals surface area contributed by atoms with Crippen LogP contribution in [-0.4, -0.2) is 6.04 Å². The maximum Gasteiger partial charge on any atom is 0.416 e. The summed E-state index contributed by atoms with van der Waals surface area (Å²) in [4.78, 5) is 0.